The van der Waals surface area contributed by atoms with Crippen LogP contribution in [0.1, 0.15) is 45.6 Å². The summed E-state index contributed by atoms with van der Waals surface area (Å²) in [6.07, 6.45) is 4.32. The van der Waals surface area contributed by atoms with E-state index in [1.54, 1.807) is 6.20 Å². The molecule has 0 saturated carbocycles. The number of hydrogen-bond acceptors (Lipinski definition) is 5. The lowest BCUT2D eigenvalue weighted by molar-refractivity contribution is 0.0777. The molecule has 0 bridgehead atoms. The van der Waals surface area contributed by atoms with E-state index in [1.807, 2.05) is 20.0 Å². The van der Waals surface area contributed by atoms with Gasteiger partial charge in [0, 0.05) is 25.5 Å². The molecule has 0 spiro atoms. The Balaban J connectivity index is 1.77. The first-order valence-corrected chi connectivity index (χ1v) is 8.29. The minimum Gasteiger partial charge on any atom is -0.368 e. The van der Waals surface area contributed by atoms with Crippen LogP contribution in [0.2, 0.25) is 0 Å². The molecule has 2 aromatic rings. The lowest BCUT2D eigenvalue weighted by Gasteiger charge is -2.20. The molecular formula is C15H20N4O2S. The zero-order valence-electron chi connectivity index (χ0n) is 13.0. The van der Waals surface area contributed by atoms with Crippen molar-refractivity contribution >= 4 is 17.2 Å². The summed E-state index contributed by atoms with van der Waals surface area (Å²) in [4.78, 5) is 21.9. The summed E-state index contributed by atoms with van der Waals surface area (Å²) in [7, 11) is 0. The van der Waals surface area contributed by atoms with Crippen molar-refractivity contribution in [2.45, 2.75) is 45.9 Å². The molecule has 1 aliphatic rings. The first-order valence-electron chi connectivity index (χ1n) is 7.47. The van der Waals surface area contributed by atoms with Gasteiger partial charge in [-0.2, -0.15) is 0 Å². The van der Waals surface area contributed by atoms with E-state index in [1.165, 1.54) is 11.3 Å². The zero-order valence-corrected chi connectivity index (χ0v) is 13.8. The van der Waals surface area contributed by atoms with E-state index >= 15 is 0 Å². The van der Waals surface area contributed by atoms with Crippen LogP contribution >= 0.6 is 11.3 Å². The molecule has 0 aliphatic carbocycles. The molecule has 3 rings (SSSR count). The number of amides is 1. The van der Waals surface area contributed by atoms with E-state index in [-0.39, 0.29) is 18.1 Å². The summed E-state index contributed by atoms with van der Waals surface area (Å²) in [6.45, 7) is 7.31. The van der Waals surface area contributed by atoms with E-state index in [9.17, 15) is 4.79 Å². The number of thiazole rings is 1. The number of aromatic nitrogens is 3. The number of nitrogens with zero attached hydrogens (tertiary/aromatic N) is 3. The van der Waals surface area contributed by atoms with Crippen molar-refractivity contribution in [3.63, 3.8) is 0 Å². The van der Waals surface area contributed by atoms with Crippen LogP contribution in [0.3, 0.4) is 0 Å². The predicted molar refractivity (Wildman–Crippen MR) is 84.1 cm³/mol. The third-order valence-corrected chi connectivity index (χ3v) is 4.93. The molecule has 1 N–H and O–H groups in total. The number of nitrogens with one attached hydrogen (secondary N) is 1. The maximum absolute atomic E-state index is 12.5. The van der Waals surface area contributed by atoms with E-state index in [2.05, 4.69) is 26.8 Å². The van der Waals surface area contributed by atoms with Crippen molar-refractivity contribution in [1.82, 2.24) is 19.9 Å². The Morgan fingerprint density at radius 3 is 3.05 bits per heavy atom. The molecule has 2 aromatic heterocycles. The Morgan fingerprint density at radius 2 is 2.36 bits per heavy atom. The van der Waals surface area contributed by atoms with Crippen molar-refractivity contribution in [3.05, 3.63) is 33.8 Å². The Hall–Kier alpha value is -1.73. The molecule has 3 heterocycles. The Kier molecular flexibility index (Phi) is 4.26. The number of ether oxygens (including phenoxy) is 1. The highest BCUT2D eigenvalue weighted by Crippen LogP contribution is 2.29. The standard InChI is InChI=1S/C15H20N4O2S/c1-4-19-7-6-16-14(19)12-11(5-8-21-12)18-15(20)13-9(2)17-10(3)22-13/h6-7,11-12H,4-5,8H2,1-3H3,(H,18,20)/t11-,12-/m0/s1. The molecule has 1 amide bonds. The van der Waals surface area contributed by atoms with Gasteiger partial charge in [-0.25, -0.2) is 9.97 Å². The van der Waals surface area contributed by atoms with Gasteiger partial charge in [0.25, 0.3) is 5.91 Å². The fourth-order valence-electron chi connectivity index (χ4n) is 2.81. The fraction of sp³-hybridized carbons (Fsp3) is 0.533. The maximum Gasteiger partial charge on any atom is 0.263 e. The second-order valence-corrected chi connectivity index (χ2v) is 6.58. The first-order chi connectivity index (χ1) is 10.6. The highest BCUT2D eigenvalue weighted by Gasteiger charge is 2.34. The minimum absolute atomic E-state index is 0.0537. The van der Waals surface area contributed by atoms with E-state index < -0.39 is 0 Å². The minimum atomic E-state index is -0.187. The van der Waals surface area contributed by atoms with Crippen LogP contribution in [-0.2, 0) is 11.3 Å². The average molecular weight is 320 g/mol. The van der Waals surface area contributed by atoms with Gasteiger partial charge in [0.15, 0.2) is 0 Å². The average Bonchev–Trinajstić information content (AvgIpc) is 3.17. The third kappa shape index (κ3) is 2.78. The summed E-state index contributed by atoms with van der Waals surface area (Å²) in [5, 5.41) is 4.00. The topological polar surface area (TPSA) is 69.0 Å². The number of rotatable bonds is 4. The molecule has 2 atom stereocenters. The molecule has 7 heteroatoms. The van der Waals surface area contributed by atoms with Gasteiger partial charge in [-0.05, 0) is 27.2 Å². The smallest absolute Gasteiger partial charge is 0.263 e. The molecule has 1 fully saturated rings. The number of aryl methyl sites for hydroxylation is 3. The van der Waals surface area contributed by atoms with Gasteiger partial charge in [0.1, 0.15) is 16.8 Å². The maximum atomic E-state index is 12.5. The third-order valence-electron chi connectivity index (χ3n) is 3.86. The number of carbonyl (C=O) groups is 1. The van der Waals surface area contributed by atoms with Crippen molar-refractivity contribution < 1.29 is 9.53 Å². The number of imidazole rings is 1. The van der Waals surface area contributed by atoms with Crippen LogP contribution < -0.4 is 5.32 Å². The number of hydrogen-bond donors (Lipinski definition) is 1. The second kappa shape index (κ2) is 6.18. The zero-order chi connectivity index (χ0) is 15.7. The highest BCUT2D eigenvalue weighted by atomic mass is 32.1. The van der Waals surface area contributed by atoms with Gasteiger partial charge >= 0.3 is 0 Å². The van der Waals surface area contributed by atoms with Gasteiger partial charge in [0.2, 0.25) is 0 Å². The summed E-state index contributed by atoms with van der Waals surface area (Å²) in [5.41, 5.74) is 0.783. The van der Waals surface area contributed by atoms with Gasteiger partial charge < -0.3 is 14.6 Å². The van der Waals surface area contributed by atoms with Crippen LogP contribution in [0.25, 0.3) is 0 Å². The predicted octanol–water partition coefficient (Wildman–Crippen LogP) is 2.24. The van der Waals surface area contributed by atoms with Gasteiger partial charge in [-0.15, -0.1) is 11.3 Å². The Morgan fingerprint density at radius 1 is 1.55 bits per heavy atom. The fourth-order valence-corrected chi connectivity index (χ4v) is 3.64. The van der Waals surface area contributed by atoms with E-state index in [4.69, 9.17) is 4.74 Å². The molecular weight excluding hydrogens is 300 g/mol. The van der Waals surface area contributed by atoms with Gasteiger partial charge in [-0.1, -0.05) is 0 Å². The van der Waals surface area contributed by atoms with Crippen LogP contribution in [0, 0.1) is 13.8 Å². The molecule has 1 saturated heterocycles. The monoisotopic (exact) mass is 320 g/mol. The molecule has 1 aliphatic heterocycles. The molecule has 6 nitrogen and oxygen atoms in total. The van der Waals surface area contributed by atoms with Crippen LogP contribution in [0.15, 0.2) is 12.4 Å². The summed E-state index contributed by atoms with van der Waals surface area (Å²) >= 11 is 1.43. The first kappa shape index (κ1) is 15.2. The summed E-state index contributed by atoms with van der Waals surface area (Å²) < 4.78 is 7.87. The number of carbonyl (C=O) groups excluding carboxylic acids is 1. The van der Waals surface area contributed by atoms with Crippen LogP contribution in [0.5, 0.6) is 0 Å². The SMILES string of the molecule is CCn1ccnc1[C@H]1OCC[C@@H]1NC(=O)c1sc(C)nc1C. The Labute approximate surface area is 133 Å². The van der Waals surface area contributed by atoms with Crippen LogP contribution in [0.4, 0.5) is 0 Å². The summed E-state index contributed by atoms with van der Waals surface area (Å²) in [6, 6.07) is -0.0537. The lowest BCUT2D eigenvalue weighted by atomic mass is 10.1. The van der Waals surface area contributed by atoms with Crippen molar-refractivity contribution in [1.29, 1.82) is 0 Å². The summed E-state index contributed by atoms with van der Waals surface area (Å²) in [5.74, 6) is 0.806. The molecule has 22 heavy (non-hydrogen) atoms. The molecule has 118 valence electrons. The van der Waals surface area contributed by atoms with E-state index in [0.29, 0.717) is 11.5 Å². The quantitative estimate of drug-likeness (QED) is 0.938. The molecule has 0 radical (unpaired) electrons. The van der Waals surface area contributed by atoms with Gasteiger partial charge in [0.05, 0.1) is 16.7 Å². The van der Waals surface area contributed by atoms with Crippen LogP contribution in [-0.4, -0.2) is 33.1 Å². The lowest BCUT2D eigenvalue weighted by Crippen LogP contribution is -2.37. The van der Waals surface area contributed by atoms with E-state index in [0.717, 1.165) is 29.5 Å². The molecule has 0 aromatic carbocycles. The normalized spacial score (nSPS) is 21.2. The van der Waals surface area contributed by atoms with Crippen molar-refractivity contribution in [3.8, 4) is 0 Å². The largest absolute Gasteiger partial charge is 0.368 e. The van der Waals surface area contributed by atoms with Gasteiger partial charge in [-0.3, -0.25) is 4.79 Å². The molecule has 0 unspecified atom stereocenters. The van der Waals surface area contributed by atoms with Crippen molar-refractivity contribution in [2.24, 2.45) is 0 Å². The van der Waals surface area contributed by atoms with Crippen molar-refractivity contribution in [2.75, 3.05) is 6.61 Å². The second-order valence-electron chi connectivity index (χ2n) is 5.38. The highest BCUT2D eigenvalue weighted by molar-refractivity contribution is 7.13. The Bertz CT molecular complexity index is 679.